The highest BCUT2D eigenvalue weighted by Gasteiger charge is 2.33. The van der Waals surface area contributed by atoms with Crippen LogP contribution < -0.4 is 10.1 Å². The van der Waals surface area contributed by atoms with E-state index >= 15 is 0 Å². The summed E-state index contributed by atoms with van der Waals surface area (Å²) < 4.78 is 11.2. The first-order valence-corrected chi connectivity index (χ1v) is 7.98. The van der Waals surface area contributed by atoms with Crippen LogP contribution in [0.3, 0.4) is 0 Å². The summed E-state index contributed by atoms with van der Waals surface area (Å²) in [4.78, 5) is 12.6. The third-order valence-corrected chi connectivity index (χ3v) is 3.75. The molecule has 0 fully saturated rings. The molecule has 0 aliphatic rings. The largest absolute Gasteiger partial charge is 0.496 e. The van der Waals surface area contributed by atoms with E-state index in [2.05, 4.69) is 12.2 Å². The quantitative estimate of drug-likeness (QED) is 0.781. The molecule has 0 unspecified atom stereocenters. The molecule has 124 valence electrons. The maximum absolute atomic E-state index is 12.6. The molecule has 0 radical (unpaired) electrons. The number of hydrogen-bond donors (Lipinski definition) is 1. The number of ether oxygens (including phenoxy) is 2. The van der Waals surface area contributed by atoms with Crippen molar-refractivity contribution < 1.29 is 14.3 Å². The van der Waals surface area contributed by atoms with Crippen LogP contribution in [0.5, 0.6) is 5.75 Å². The summed E-state index contributed by atoms with van der Waals surface area (Å²) >= 11 is 0. The minimum absolute atomic E-state index is 0.0910. The Balaban J connectivity index is 2.94. The summed E-state index contributed by atoms with van der Waals surface area (Å²) in [6.07, 6.45) is 2.49. The van der Waals surface area contributed by atoms with Crippen LogP contribution in [0.4, 0.5) is 5.69 Å². The first kappa shape index (κ1) is 18.5. The smallest absolute Gasteiger partial charge is 0.256 e. The van der Waals surface area contributed by atoms with Crippen molar-refractivity contribution in [2.45, 2.75) is 59.5 Å². The van der Waals surface area contributed by atoms with Crippen molar-refractivity contribution in [2.24, 2.45) is 0 Å². The highest BCUT2D eigenvalue weighted by Crippen LogP contribution is 2.28. The second-order valence-corrected chi connectivity index (χ2v) is 5.93. The van der Waals surface area contributed by atoms with Crippen molar-refractivity contribution in [1.29, 1.82) is 0 Å². The van der Waals surface area contributed by atoms with E-state index in [9.17, 15) is 4.79 Å². The molecule has 0 aliphatic heterocycles. The summed E-state index contributed by atoms with van der Waals surface area (Å²) in [7, 11) is 1.66. The Labute approximate surface area is 134 Å². The second kappa shape index (κ2) is 8.18. The van der Waals surface area contributed by atoms with Crippen LogP contribution in [0.25, 0.3) is 0 Å². The number of aryl methyl sites for hydroxylation is 2. The van der Waals surface area contributed by atoms with Gasteiger partial charge < -0.3 is 14.8 Å². The molecule has 0 bridgehead atoms. The van der Waals surface area contributed by atoms with Gasteiger partial charge in [0.1, 0.15) is 11.4 Å². The van der Waals surface area contributed by atoms with Crippen LogP contribution in [-0.4, -0.2) is 25.2 Å². The molecule has 1 aromatic carbocycles. The normalized spacial score (nSPS) is 13.5. The monoisotopic (exact) mass is 307 g/mol. The molecule has 0 aromatic heterocycles. The van der Waals surface area contributed by atoms with Crippen LogP contribution in [0.2, 0.25) is 0 Å². The van der Waals surface area contributed by atoms with Gasteiger partial charge in [0.2, 0.25) is 0 Å². The topological polar surface area (TPSA) is 47.6 Å². The third-order valence-electron chi connectivity index (χ3n) is 3.75. The molecule has 1 amide bonds. The van der Waals surface area contributed by atoms with Gasteiger partial charge in [-0.05, 0) is 56.9 Å². The van der Waals surface area contributed by atoms with Gasteiger partial charge in [0.25, 0.3) is 5.91 Å². The van der Waals surface area contributed by atoms with Gasteiger partial charge in [0.05, 0.1) is 7.11 Å². The summed E-state index contributed by atoms with van der Waals surface area (Å²) in [6, 6.07) is 3.85. The molecule has 1 rings (SSSR count). The van der Waals surface area contributed by atoms with E-state index in [1.54, 1.807) is 7.11 Å². The molecule has 1 atom stereocenters. The first-order chi connectivity index (χ1) is 10.4. The Morgan fingerprint density at radius 3 is 2.23 bits per heavy atom. The second-order valence-electron chi connectivity index (χ2n) is 5.93. The summed E-state index contributed by atoms with van der Waals surface area (Å²) in [5.74, 6) is 0.767. The lowest BCUT2D eigenvalue weighted by atomic mass is 9.98. The maximum atomic E-state index is 12.6. The van der Waals surface area contributed by atoms with Gasteiger partial charge >= 0.3 is 0 Å². The van der Waals surface area contributed by atoms with Crippen LogP contribution in [0.1, 0.15) is 51.2 Å². The van der Waals surface area contributed by atoms with E-state index in [0.29, 0.717) is 13.0 Å². The molecule has 1 N–H and O–H groups in total. The molecular weight excluding hydrogens is 278 g/mol. The number of carbonyl (C=O) groups excluding carboxylic acids is 1. The summed E-state index contributed by atoms with van der Waals surface area (Å²) in [5, 5.41) is 2.99. The van der Waals surface area contributed by atoms with Gasteiger partial charge in [-0.15, -0.1) is 0 Å². The molecule has 4 nitrogen and oxygen atoms in total. The van der Waals surface area contributed by atoms with E-state index in [4.69, 9.17) is 9.47 Å². The summed E-state index contributed by atoms with van der Waals surface area (Å²) in [5.41, 5.74) is 2.00. The van der Waals surface area contributed by atoms with E-state index in [1.807, 2.05) is 39.8 Å². The third kappa shape index (κ3) is 4.47. The molecule has 0 saturated heterocycles. The number of anilines is 1. The van der Waals surface area contributed by atoms with E-state index < -0.39 is 5.60 Å². The minimum Gasteiger partial charge on any atom is -0.496 e. The first-order valence-electron chi connectivity index (χ1n) is 7.98. The van der Waals surface area contributed by atoms with Crippen LogP contribution in [0, 0.1) is 13.8 Å². The number of hydrogen-bond acceptors (Lipinski definition) is 3. The zero-order valence-electron chi connectivity index (χ0n) is 14.7. The number of methoxy groups -OCH3 is 1. The van der Waals surface area contributed by atoms with Crippen molar-refractivity contribution >= 4 is 11.6 Å². The van der Waals surface area contributed by atoms with Gasteiger partial charge in [0, 0.05) is 12.3 Å². The Morgan fingerprint density at radius 2 is 1.77 bits per heavy atom. The number of carbonyl (C=O) groups is 1. The fraction of sp³-hybridized carbons (Fsp3) is 0.611. The fourth-order valence-corrected chi connectivity index (χ4v) is 2.66. The number of nitrogens with one attached hydrogen (secondary N) is 1. The van der Waals surface area contributed by atoms with E-state index in [-0.39, 0.29) is 5.91 Å². The molecule has 0 spiro atoms. The zero-order chi connectivity index (χ0) is 16.8. The SMILES string of the molecule is CCCO[C@](C)(CCC)C(=O)Nc1cc(C)c(OC)c(C)c1. The molecule has 4 heteroatoms. The van der Waals surface area contributed by atoms with Gasteiger partial charge in [-0.3, -0.25) is 4.79 Å². The van der Waals surface area contributed by atoms with E-state index in [0.717, 1.165) is 35.4 Å². The van der Waals surface area contributed by atoms with Crippen molar-refractivity contribution in [3.8, 4) is 5.75 Å². The van der Waals surface area contributed by atoms with Crippen molar-refractivity contribution in [3.05, 3.63) is 23.3 Å². The minimum atomic E-state index is -0.785. The lowest BCUT2D eigenvalue weighted by Crippen LogP contribution is -2.43. The number of rotatable bonds is 8. The van der Waals surface area contributed by atoms with Gasteiger partial charge in [-0.25, -0.2) is 0 Å². The molecular formula is C18H29NO3. The number of amides is 1. The van der Waals surface area contributed by atoms with Crippen molar-refractivity contribution in [1.82, 2.24) is 0 Å². The lowest BCUT2D eigenvalue weighted by molar-refractivity contribution is -0.140. The predicted molar refractivity (Wildman–Crippen MR) is 90.7 cm³/mol. The Kier molecular flexibility index (Phi) is 6.88. The van der Waals surface area contributed by atoms with E-state index in [1.165, 1.54) is 0 Å². The van der Waals surface area contributed by atoms with Crippen LogP contribution in [-0.2, 0) is 9.53 Å². The molecule has 22 heavy (non-hydrogen) atoms. The predicted octanol–water partition coefficient (Wildman–Crippen LogP) is 4.24. The molecule has 1 aromatic rings. The lowest BCUT2D eigenvalue weighted by Gasteiger charge is -2.28. The van der Waals surface area contributed by atoms with Gasteiger partial charge in [-0.1, -0.05) is 20.3 Å². The Hall–Kier alpha value is -1.55. The molecule has 0 heterocycles. The Morgan fingerprint density at radius 1 is 1.18 bits per heavy atom. The average molecular weight is 307 g/mol. The van der Waals surface area contributed by atoms with Crippen LogP contribution in [0.15, 0.2) is 12.1 Å². The highest BCUT2D eigenvalue weighted by atomic mass is 16.5. The summed E-state index contributed by atoms with van der Waals surface area (Å²) in [6.45, 7) is 10.5. The van der Waals surface area contributed by atoms with Crippen LogP contribution >= 0.6 is 0 Å². The van der Waals surface area contributed by atoms with Gasteiger partial charge in [-0.2, -0.15) is 0 Å². The van der Waals surface area contributed by atoms with Crippen molar-refractivity contribution in [2.75, 3.05) is 19.0 Å². The van der Waals surface area contributed by atoms with Gasteiger partial charge in [0.15, 0.2) is 0 Å². The molecule has 0 aliphatic carbocycles. The molecule has 0 saturated carbocycles. The number of benzene rings is 1. The average Bonchev–Trinajstić information content (AvgIpc) is 2.45. The highest BCUT2D eigenvalue weighted by molar-refractivity contribution is 5.97. The van der Waals surface area contributed by atoms with Crippen molar-refractivity contribution in [3.63, 3.8) is 0 Å². The maximum Gasteiger partial charge on any atom is 0.256 e. The fourth-order valence-electron chi connectivity index (χ4n) is 2.66. The standard InChI is InChI=1S/C18H29NO3/c1-7-9-18(5,22-10-8-2)17(20)19-15-11-13(3)16(21-6)14(4)12-15/h11-12H,7-10H2,1-6H3,(H,19,20)/t18-/m1/s1. The zero-order valence-corrected chi connectivity index (χ0v) is 14.7. The Bertz CT molecular complexity index is 490.